The molecule has 2 aromatic rings. The summed E-state index contributed by atoms with van der Waals surface area (Å²) in [7, 11) is 0. The van der Waals surface area contributed by atoms with Crippen LogP contribution in [0.1, 0.15) is 12.0 Å². The molecule has 0 aliphatic carbocycles. The second-order valence-corrected chi connectivity index (χ2v) is 5.68. The number of amides is 1. The molecule has 0 aromatic heterocycles. The van der Waals surface area contributed by atoms with Gasteiger partial charge in [-0.2, -0.15) is 0 Å². The molecule has 2 N–H and O–H groups in total. The van der Waals surface area contributed by atoms with Crippen LogP contribution in [0.2, 0.25) is 0 Å². The monoisotopic (exact) mass is 326 g/mol. The molecule has 0 saturated carbocycles. The summed E-state index contributed by atoms with van der Waals surface area (Å²) in [4.78, 5) is 14.0. The largest absolute Gasteiger partial charge is 0.484 e. The zero-order chi connectivity index (χ0) is 16.9. The van der Waals surface area contributed by atoms with Gasteiger partial charge >= 0.3 is 0 Å². The van der Waals surface area contributed by atoms with Crippen LogP contribution in [-0.4, -0.2) is 30.5 Å². The number of hydrogen-bond donors (Lipinski definition) is 1. The fraction of sp³-hybridized carbons (Fsp3) is 0.211. The zero-order valence-electron chi connectivity index (χ0n) is 13.2. The van der Waals surface area contributed by atoms with E-state index in [2.05, 4.69) is 0 Å². The van der Waals surface area contributed by atoms with Crippen molar-refractivity contribution in [3.8, 4) is 5.75 Å². The van der Waals surface area contributed by atoms with Crippen molar-refractivity contribution in [2.75, 3.05) is 25.4 Å². The molecule has 0 saturated heterocycles. The Morgan fingerprint density at radius 1 is 1.12 bits per heavy atom. The summed E-state index contributed by atoms with van der Waals surface area (Å²) < 4.78 is 18.5. The predicted octanol–water partition coefficient (Wildman–Crippen LogP) is 3.10. The lowest BCUT2D eigenvalue weighted by atomic mass is 9.99. The Kier molecular flexibility index (Phi) is 4.79. The second-order valence-electron chi connectivity index (χ2n) is 5.68. The standard InChI is InChI=1S/C19H19FN2O2/c20-16-3-1-14(2-4-16)15-9-11-22(12-10-15)19(23)13-24-18-7-5-17(21)6-8-18/h1-9H,10-13,21H2. The number of rotatable bonds is 4. The normalized spacial score (nSPS) is 14.2. The molecule has 1 aliphatic heterocycles. The third kappa shape index (κ3) is 3.93. The van der Waals surface area contributed by atoms with E-state index in [9.17, 15) is 9.18 Å². The Labute approximate surface area is 140 Å². The van der Waals surface area contributed by atoms with Gasteiger partial charge in [0.2, 0.25) is 0 Å². The van der Waals surface area contributed by atoms with E-state index in [0.29, 0.717) is 24.5 Å². The van der Waals surface area contributed by atoms with E-state index >= 15 is 0 Å². The summed E-state index contributed by atoms with van der Waals surface area (Å²) in [6.45, 7) is 1.17. The minimum atomic E-state index is -0.244. The van der Waals surface area contributed by atoms with Gasteiger partial charge in [0.15, 0.2) is 6.61 Å². The quantitative estimate of drug-likeness (QED) is 0.879. The van der Waals surface area contributed by atoms with Crippen molar-refractivity contribution in [1.82, 2.24) is 4.90 Å². The molecule has 0 spiro atoms. The SMILES string of the molecule is Nc1ccc(OCC(=O)N2CC=C(c3ccc(F)cc3)CC2)cc1. The number of carbonyl (C=O) groups is 1. The molecule has 3 rings (SSSR count). The van der Waals surface area contributed by atoms with Crippen LogP contribution in [0.3, 0.4) is 0 Å². The summed E-state index contributed by atoms with van der Waals surface area (Å²) in [6.07, 6.45) is 2.76. The fourth-order valence-corrected chi connectivity index (χ4v) is 2.62. The molecular formula is C19H19FN2O2. The van der Waals surface area contributed by atoms with Crippen LogP contribution in [0.15, 0.2) is 54.6 Å². The lowest BCUT2D eigenvalue weighted by Crippen LogP contribution is -2.37. The Balaban J connectivity index is 1.54. The van der Waals surface area contributed by atoms with E-state index in [1.54, 1.807) is 41.3 Å². The van der Waals surface area contributed by atoms with Crippen LogP contribution in [0.5, 0.6) is 5.75 Å². The smallest absolute Gasteiger partial charge is 0.260 e. The number of anilines is 1. The molecule has 1 amide bonds. The van der Waals surface area contributed by atoms with E-state index < -0.39 is 0 Å². The Bertz CT molecular complexity index is 739. The van der Waals surface area contributed by atoms with E-state index in [0.717, 1.165) is 17.6 Å². The lowest BCUT2D eigenvalue weighted by molar-refractivity contribution is -0.132. The molecule has 0 unspecified atom stereocenters. The Hall–Kier alpha value is -2.82. The van der Waals surface area contributed by atoms with Crippen molar-refractivity contribution in [2.24, 2.45) is 0 Å². The van der Waals surface area contributed by atoms with Gasteiger partial charge in [-0.15, -0.1) is 0 Å². The first-order chi connectivity index (χ1) is 11.6. The highest BCUT2D eigenvalue weighted by atomic mass is 19.1. The van der Waals surface area contributed by atoms with Gasteiger partial charge in [-0.25, -0.2) is 4.39 Å². The third-order valence-corrected chi connectivity index (χ3v) is 4.02. The molecule has 24 heavy (non-hydrogen) atoms. The van der Waals surface area contributed by atoms with Crippen molar-refractivity contribution in [1.29, 1.82) is 0 Å². The number of nitrogen functional groups attached to an aromatic ring is 1. The number of nitrogens with two attached hydrogens (primary N) is 1. The summed E-state index contributed by atoms with van der Waals surface area (Å²) in [6, 6.07) is 13.4. The fourth-order valence-electron chi connectivity index (χ4n) is 2.62. The van der Waals surface area contributed by atoms with Crippen molar-refractivity contribution in [2.45, 2.75) is 6.42 Å². The first-order valence-electron chi connectivity index (χ1n) is 7.83. The van der Waals surface area contributed by atoms with Crippen LogP contribution in [-0.2, 0) is 4.79 Å². The van der Waals surface area contributed by atoms with Crippen LogP contribution in [0, 0.1) is 5.82 Å². The molecule has 0 bridgehead atoms. The number of halogens is 1. The predicted molar refractivity (Wildman–Crippen MR) is 91.9 cm³/mol. The van der Waals surface area contributed by atoms with Crippen molar-refractivity contribution >= 4 is 17.2 Å². The van der Waals surface area contributed by atoms with Gasteiger partial charge < -0.3 is 15.4 Å². The molecule has 0 fully saturated rings. The molecule has 1 aliphatic rings. The Morgan fingerprint density at radius 2 is 1.83 bits per heavy atom. The second kappa shape index (κ2) is 7.17. The van der Waals surface area contributed by atoms with Crippen molar-refractivity contribution in [3.05, 3.63) is 66.0 Å². The van der Waals surface area contributed by atoms with Crippen LogP contribution in [0.25, 0.3) is 5.57 Å². The van der Waals surface area contributed by atoms with Gasteiger partial charge in [-0.05, 0) is 54.0 Å². The minimum Gasteiger partial charge on any atom is -0.484 e. The van der Waals surface area contributed by atoms with E-state index in [1.165, 1.54) is 12.1 Å². The summed E-state index contributed by atoms with van der Waals surface area (Å²) in [5.74, 6) is 0.324. The van der Waals surface area contributed by atoms with E-state index in [4.69, 9.17) is 10.5 Å². The highest BCUT2D eigenvalue weighted by molar-refractivity contribution is 5.79. The first-order valence-corrected chi connectivity index (χ1v) is 7.83. The average molecular weight is 326 g/mol. The maximum absolute atomic E-state index is 13.0. The maximum Gasteiger partial charge on any atom is 0.260 e. The number of ether oxygens (including phenoxy) is 1. The highest BCUT2D eigenvalue weighted by Gasteiger charge is 2.18. The molecule has 0 radical (unpaired) electrons. The number of nitrogens with zero attached hydrogens (tertiary/aromatic N) is 1. The van der Waals surface area contributed by atoms with Gasteiger partial charge in [0.1, 0.15) is 11.6 Å². The number of benzene rings is 2. The minimum absolute atomic E-state index is 0.00361. The molecular weight excluding hydrogens is 307 g/mol. The van der Waals surface area contributed by atoms with Crippen LogP contribution in [0.4, 0.5) is 10.1 Å². The molecule has 124 valence electrons. The molecule has 2 aromatic carbocycles. The van der Waals surface area contributed by atoms with Gasteiger partial charge in [-0.3, -0.25) is 4.79 Å². The summed E-state index contributed by atoms with van der Waals surface area (Å²) >= 11 is 0. The molecule has 0 atom stereocenters. The van der Waals surface area contributed by atoms with Gasteiger partial charge in [-0.1, -0.05) is 18.2 Å². The van der Waals surface area contributed by atoms with Crippen LogP contribution >= 0.6 is 0 Å². The summed E-state index contributed by atoms with van der Waals surface area (Å²) in [5, 5.41) is 0. The van der Waals surface area contributed by atoms with Gasteiger partial charge in [0.05, 0.1) is 0 Å². The maximum atomic E-state index is 13.0. The number of carbonyl (C=O) groups excluding carboxylic acids is 1. The van der Waals surface area contributed by atoms with Gasteiger partial charge in [0.25, 0.3) is 5.91 Å². The summed E-state index contributed by atoms with van der Waals surface area (Å²) in [5.41, 5.74) is 8.41. The van der Waals surface area contributed by atoms with E-state index in [1.807, 2.05) is 6.08 Å². The van der Waals surface area contributed by atoms with Crippen molar-refractivity contribution < 1.29 is 13.9 Å². The molecule has 5 heteroatoms. The Morgan fingerprint density at radius 3 is 2.46 bits per heavy atom. The zero-order valence-corrected chi connectivity index (χ0v) is 13.2. The molecule has 4 nitrogen and oxygen atoms in total. The van der Waals surface area contributed by atoms with E-state index in [-0.39, 0.29) is 18.3 Å². The van der Waals surface area contributed by atoms with Crippen molar-refractivity contribution in [3.63, 3.8) is 0 Å². The molecule has 1 heterocycles. The number of hydrogen-bond acceptors (Lipinski definition) is 3. The van der Waals surface area contributed by atoms with Crippen LogP contribution < -0.4 is 10.5 Å². The first kappa shape index (κ1) is 16.1. The topological polar surface area (TPSA) is 55.6 Å². The lowest BCUT2D eigenvalue weighted by Gasteiger charge is -2.26. The van der Waals surface area contributed by atoms with Gasteiger partial charge in [0, 0.05) is 18.8 Å². The third-order valence-electron chi connectivity index (χ3n) is 4.02. The average Bonchev–Trinajstić information content (AvgIpc) is 2.62. The highest BCUT2D eigenvalue weighted by Crippen LogP contribution is 2.22.